The Kier molecular flexibility index (Phi) is 8.62. The molecule has 1 saturated heterocycles. The molecule has 0 spiro atoms. The zero-order valence-electron chi connectivity index (χ0n) is 13.8. The third-order valence-corrected chi connectivity index (χ3v) is 3.40. The van der Waals surface area contributed by atoms with E-state index in [1.165, 1.54) is 0 Å². The van der Waals surface area contributed by atoms with Crippen LogP contribution < -0.4 is 10.6 Å². The van der Waals surface area contributed by atoms with Gasteiger partial charge in [-0.25, -0.2) is 9.97 Å². The van der Waals surface area contributed by atoms with E-state index in [-0.39, 0.29) is 36.0 Å². The summed E-state index contributed by atoms with van der Waals surface area (Å²) in [5.74, 6) is 0.599. The van der Waals surface area contributed by atoms with Crippen LogP contribution in [0.4, 0.5) is 19.1 Å². The summed E-state index contributed by atoms with van der Waals surface area (Å²) in [4.78, 5) is 13.5. The van der Waals surface area contributed by atoms with Crippen molar-refractivity contribution in [2.45, 2.75) is 25.6 Å². The number of nitrogens with zero attached hydrogens (tertiary/aromatic N) is 4. The number of anilines is 1. The molecule has 1 aromatic rings. The van der Waals surface area contributed by atoms with Gasteiger partial charge in [-0.3, -0.25) is 4.99 Å². The lowest BCUT2D eigenvalue weighted by molar-refractivity contribution is -0.141. The Morgan fingerprint density at radius 1 is 1.48 bits per heavy atom. The molecule has 1 aliphatic rings. The lowest BCUT2D eigenvalue weighted by atomic mass is 10.3. The van der Waals surface area contributed by atoms with Gasteiger partial charge in [0.2, 0.25) is 5.95 Å². The third kappa shape index (κ3) is 6.80. The molecular formula is C14H22F3IN6O. The Labute approximate surface area is 161 Å². The highest BCUT2D eigenvalue weighted by Crippen LogP contribution is 2.27. The van der Waals surface area contributed by atoms with Gasteiger partial charge >= 0.3 is 6.18 Å². The van der Waals surface area contributed by atoms with Crippen molar-refractivity contribution in [2.24, 2.45) is 4.99 Å². The van der Waals surface area contributed by atoms with E-state index in [4.69, 9.17) is 0 Å². The molecule has 7 nitrogen and oxygen atoms in total. The number of likely N-dealkylation sites (tertiary alicyclic amines) is 1. The molecule has 0 unspecified atom stereocenters. The van der Waals surface area contributed by atoms with Crippen LogP contribution in [0.3, 0.4) is 0 Å². The maximum absolute atomic E-state index is 12.6. The number of rotatable bonds is 5. The summed E-state index contributed by atoms with van der Waals surface area (Å²) in [6.45, 7) is 4.51. The molecule has 1 aliphatic heterocycles. The lowest BCUT2D eigenvalue weighted by Gasteiger charge is -2.20. The van der Waals surface area contributed by atoms with Crippen molar-refractivity contribution >= 4 is 35.9 Å². The Morgan fingerprint density at radius 3 is 2.84 bits per heavy atom. The van der Waals surface area contributed by atoms with Gasteiger partial charge in [0, 0.05) is 32.4 Å². The Morgan fingerprint density at radius 2 is 2.24 bits per heavy atom. The van der Waals surface area contributed by atoms with E-state index < -0.39 is 11.9 Å². The first-order chi connectivity index (χ1) is 11.4. The van der Waals surface area contributed by atoms with Crippen LogP contribution in [0.15, 0.2) is 17.3 Å². The summed E-state index contributed by atoms with van der Waals surface area (Å²) in [6.07, 6.45) is -3.09. The zero-order valence-corrected chi connectivity index (χ0v) is 16.1. The molecule has 2 rings (SSSR count). The molecule has 0 saturated carbocycles. The Bertz CT molecular complexity index is 572. The number of aliphatic hydroxyl groups excluding tert-OH is 1. The molecule has 0 aromatic carbocycles. The van der Waals surface area contributed by atoms with Gasteiger partial charge in [0.05, 0.1) is 12.6 Å². The second-order valence-electron chi connectivity index (χ2n) is 5.31. The van der Waals surface area contributed by atoms with Crippen molar-refractivity contribution in [1.29, 1.82) is 0 Å². The Balaban J connectivity index is 0.00000312. The number of alkyl halides is 3. The number of guanidine groups is 1. The molecule has 1 fully saturated rings. The van der Waals surface area contributed by atoms with Crippen molar-refractivity contribution in [2.75, 3.05) is 38.0 Å². The van der Waals surface area contributed by atoms with Crippen molar-refractivity contribution in [3.63, 3.8) is 0 Å². The predicted octanol–water partition coefficient (Wildman–Crippen LogP) is 1.56. The van der Waals surface area contributed by atoms with Gasteiger partial charge in [0.15, 0.2) is 5.96 Å². The minimum atomic E-state index is -4.49. The number of aliphatic imine (C=N–C) groups is 1. The van der Waals surface area contributed by atoms with Gasteiger partial charge in [-0.2, -0.15) is 13.2 Å². The lowest BCUT2D eigenvalue weighted by Crippen LogP contribution is -2.40. The smallest absolute Gasteiger partial charge is 0.391 e. The normalized spacial score (nSPS) is 18.0. The number of nitrogens with one attached hydrogen (secondary N) is 2. The van der Waals surface area contributed by atoms with E-state index in [1.54, 1.807) is 0 Å². The first-order valence-corrected chi connectivity index (χ1v) is 7.75. The second kappa shape index (κ2) is 9.94. The van der Waals surface area contributed by atoms with Crippen LogP contribution in [0.1, 0.15) is 19.0 Å². The SMILES string of the molecule is CCNC(=NCCNc1nccc(C(F)(F)F)n1)N1CC[C@@H](O)C1.I. The molecule has 3 N–H and O–H groups in total. The number of hydrogen-bond acceptors (Lipinski definition) is 5. The average molecular weight is 474 g/mol. The molecule has 0 aliphatic carbocycles. The van der Waals surface area contributed by atoms with Crippen molar-refractivity contribution in [3.05, 3.63) is 18.0 Å². The largest absolute Gasteiger partial charge is 0.433 e. The maximum Gasteiger partial charge on any atom is 0.433 e. The molecule has 25 heavy (non-hydrogen) atoms. The van der Waals surface area contributed by atoms with E-state index in [9.17, 15) is 18.3 Å². The minimum absolute atomic E-state index is 0. The molecule has 0 radical (unpaired) electrons. The summed E-state index contributed by atoms with van der Waals surface area (Å²) >= 11 is 0. The first kappa shape index (κ1) is 21.7. The van der Waals surface area contributed by atoms with Crippen LogP contribution in [0.2, 0.25) is 0 Å². The highest BCUT2D eigenvalue weighted by molar-refractivity contribution is 14.0. The average Bonchev–Trinajstić information content (AvgIpc) is 2.96. The standard InChI is InChI=1S/C14H21F3N6O.HI/c1-2-18-13(23-8-4-10(24)9-23)21-7-6-20-12-19-5-3-11(22-12)14(15,16)17;/h3,5,10,24H,2,4,6-9H2,1H3,(H,18,21)(H,19,20,22);1H/t10-;/m1./s1. The molecule has 1 atom stereocenters. The van der Waals surface area contributed by atoms with E-state index in [1.807, 2.05) is 11.8 Å². The molecule has 0 amide bonds. The number of hydrogen-bond donors (Lipinski definition) is 3. The van der Waals surface area contributed by atoms with E-state index >= 15 is 0 Å². The first-order valence-electron chi connectivity index (χ1n) is 7.75. The fourth-order valence-electron chi connectivity index (χ4n) is 2.29. The summed E-state index contributed by atoms with van der Waals surface area (Å²) in [7, 11) is 0. The monoisotopic (exact) mass is 474 g/mol. The van der Waals surface area contributed by atoms with Gasteiger partial charge in [-0.05, 0) is 19.4 Å². The fourth-order valence-corrected chi connectivity index (χ4v) is 2.29. The summed E-state index contributed by atoms with van der Waals surface area (Å²) in [6, 6.07) is 0.825. The van der Waals surface area contributed by atoms with Crippen LogP contribution in [0, 0.1) is 0 Å². The summed E-state index contributed by atoms with van der Waals surface area (Å²) in [5.41, 5.74) is -0.983. The molecule has 0 bridgehead atoms. The van der Waals surface area contributed by atoms with E-state index in [2.05, 4.69) is 25.6 Å². The van der Waals surface area contributed by atoms with Crippen LogP contribution in [0.25, 0.3) is 0 Å². The van der Waals surface area contributed by atoms with Crippen LogP contribution in [-0.2, 0) is 6.18 Å². The van der Waals surface area contributed by atoms with E-state index in [0.29, 0.717) is 38.6 Å². The van der Waals surface area contributed by atoms with E-state index in [0.717, 1.165) is 18.8 Å². The van der Waals surface area contributed by atoms with Crippen molar-refractivity contribution in [3.8, 4) is 0 Å². The van der Waals surface area contributed by atoms with Gasteiger partial charge in [-0.15, -0.1) is 24.0 Å². The number of aromatic nitrogens is 2. The molecule has 11 heteroatoms. The van der Waals surface area contributed by atoms with Crippen LogP contribution >= 0.6 is 24.0 Å². The van der Waals surface area contributed by atoms with Crippen LogP contribution in [-0.4, -0.2) is 64.8 Å². The van der Waals surface area contributed by atoms with Gasteiger partial charge < -0.3 is 20.6 Å². The molecular weight excluding hydrogens is 452 g/mol. The summed E-state index contributed by atoms with van der Waals surface area (Å²) < 4.78 is 37.7. The highest BCUT2D eigenvalue weighted by Gasteiger charge is 2.32. The Hall–Kier alpha value is -1.37. The summed E-state index contributed by atoms with van der Waals surface area (Å²) in [5, 5.41) is 15.4. The highest BCUT2D eigenvalue weighted by atomic mass is 127. The topological polar surface area (TPSA) is 85.7 Å². The zero-order chi connectivity index (χ0) is 17.6. The van der Waals surface area contributed by atoms with Crippen molar-refractivity contribution < 1.29 is 18.3 Å². The number of aliphatic hydroxyl groups is 1. The van der Waals surface area contributed by atoms with Gasteiger partial charge in [0.1, 0.15) is 5.69 Å². The maximum atomic E-state index is 12.6. The number of β-amino-alcohol motifs (C(OH)–C–C–N with tert-alkyl or cyclic N) is 1. The van der Waals surface area contributed by atoms with Gasteiger partial charge in [0.25, 0.3) is 0 Å². The fraction of sp³-hybridized carbons (Fsp3) is 0.643. The van der Waals surface area contributed by atoms with Gasteiger partial charge in [-0.1, -0.05) is 0 Å². The minimum Gasteiger partial charge on any atom is -0.391 e. The number of halogens is 4. The quantitative estimate of drug-likeness (QED) is 0.260. The molecule has 1 aromatic heterocycles. The predicted molar refractivity (Wildman–Crippen MR) is 99.1 cm³/mol. The third-order valence-electron chi connectivity index (χ3n) is 3.40. The van der Waals surface area contributed by atoms with Crippen molar-refractivity contribution in [1.82, 2.24) is 20.2 Å². The van der Waals surface area contributed by atoms with Crippen LogP contribution in [0.5, 0.6) is 0 Å². The molecule has 142 valence electrons. The second-order valence-corrected chi connectivity index (χ2v) is 5.31. The molecule has 2 heterocycles.